The summed E-state index contributed by atoms with van der Waals surface area (Å²) in [6.45, 7) is 12.7. The van der Waals surface area contributed by atoms with Crippen molar-refractivity contribution in [3.05, 3.63) is 59.2 Å². The number of nitrogens with zero attached hydrogens (tertiary/aromatic N) is 1. The van der Waals surface area contributed by atoms with Gasteiger partial charge in [-0.2, -0.15) is 0 Å². The van der Waals surface area contributed by atoms with E-state index in [1.165, 1.54) is 24.1 Å². The predicted octanol–water partition coefficient (Wildman–Crippen LogP) is 5.57. The van der Waals surface area contributed by atoms with E-state index >= 15 is 0 Å². The first kappa shape index (κ1) is 22.2. The van der Waals surface area contributed by atoms with Gasteiger partial charge in [-0.05, 0) is 75.3 Å². The number of aryl methyl sites for hydroxylation is 2. The smallest absolute Gasteiger partial charge is 0.261 e. The first-order valence-corrected chi connectivity index (χ1v) is 11.3. The predicted molar refractivity (Wildman–Crippen MR) is 124 cm³/mol. The molecule has 1 aliphatic heterocycles. The highest BCUT2D eigenvalue weighted by molar-refractivity contribution is 5.81. The van der Waals surface area contributed by atoms with E-state index < -0.39 is 6.10 Å². The first-order chi connectivity index (χ1) is 14.4. The molecule has 1 fully saturated rings. The van der Waals surface area contributed by atoms with E-state index in [0.29, 0.717) is 6.42 Å². The number of hydrogen-bond donors (Lipinski definition) is 1. The summed E-state index contributed by atoms with van der Waals surface area (Å²) in [7, 11) is 0. The Kier molecular flexibility index (Phi) is 7.41. The van der Waals surface area contributed by atoms with Crippen molar-refractivity contribution in [2.24, 2.45) is 5.92 Å². The summed E-state index contributed by atoms with van der Waals surface area (Å²) in [5, 5.41) is 3.13. The van der Waals surface area contributed by atoms with Crippen molar-refractivity contribution in [3.63, 3.8) is 0 Å². The van der Waals surface area contributed by atoms with Gasteiger partial charge in [0.15, 0.2) is 6.10 Å². The van der Waals surface area contributed by atoms with Crippen molar-refractivity contribution < 1.29 is 9.53 Å². The van der Waals surface area contributed by atoms with Crippen molar-refractivity contribution in [2.75, 3.05) is 18.0 Å². The number of carbonyl (C=O) groups is 1. The minimum absolute atomic E-state index is 0.0661. The average molecular weight is 409 g/mol. The van der Waals surface area contributed by atoms with Gasteiger partial charge in [-0.1, -0.05) is 43.7 Å². The van der Waals surface area contributed by atoms with Crippen LogP contribution in [-0.2, 0) is 4.79 Å². The lowest BCUT2D eigenvalue weighted by Gasteiger charge is -2.33. The summed E-state index contributed by atoms with van der Waals surface area (Å²) in [4.78, 5) is 15.3. The molecule has 1 aliphatic rings. The normalized spacial score (nSPS) is 18.6. The Hall–Kier alpha value is -2.49. The standard InChI is InChI=1S/C26H36N2O2/c1-6-24(30-25-14-9-18(2)16-20(25)4)26(29)27-21(5)22-10-12-23(13-11-22)28-15-7-8-19(3)17-28/h9-14,16,19,21,24H,6-8,15,17H2,1-5H3,(H,27,29)/t19-,21+,24-/m0/s1. The molecule has 0 saturated carbocycles. The first-order valence-electron chi connectivity index (χ1n) is 11.3. The molecule has 3 rings (SSSR count). The average Bonchev–Trinajstić information content (AvgIpc) is 2.73. The molecule has 4 nitrogen and oxygen atoms in total. The van der Waals surface area contributed by atoms with E-state index in [1.54, 1.807) is 0 Å². The van der Waals surface area contributed by atoms with Crippen LogP contribution in [0.25, 0.3) is 0 Å². The number of carbonyl (C=O) groups excluding carboxylic acids is 1. The molecule has 1 heterocycles. The SMILES string of the molecule is CC[C@H](Oc1ccc(C)cc1C)C(=O)N[C@H](C)c1ccc(N2CCC[C@H](C)C2)cc1. The molecular weight excluding hydrogens is 372 g/mol. The van der Waals surface area contributed by atoms with Crippen LogP contribution in [0.3, 0.4) is 0 Å². The lowest BCUT2D eigenvalue weighted by atomic mass is 9.99. The van der Waals surface area contributed by atoms with Gasteiger partial charge < -0.3 is 15.0 Å². The fourth-order valence-corrected chi connectivity index (χ4v) is 4.19. The van der Waals surface area contributed by atoms with Gasteiger partial charge in [0.05, 0.1) is 6.04 Å². The molecule has 3 atom stereocenters. The zero-order chi connectivity index (χ0) is 21.7. The second-order valence-corrected chi connectivity index (χ2v) is 8.80. The third-order valence-electron chi connectivity index (χ3n) is 6.04. The van der Waals surface area contributed by atoms with Gasteiger partial charge in [-0.25, -0.2) is 0 Å². The maximum absolute atomic E-state index is 12.8. The molecule has 1 amide bonds. The Bertz CT molecular complexity index is 847. The molecule has 30 heavy (non-hydrogen) atoms. The molecule has 4 heteroatoms. The number of piperidine rings is 1. The second kappa shape index (κ2) is 10.0. The van der Waals surface area contributed by atoms with Crippen molar-refractivity contribution in [1.29, 1.82) is 0 Å². The highest BCUT2D eigenvalue weighted by Gasteiger charge is 2.22. The minimum atomic E-state index is -0.497. The fourth-order valence-electron chi connectivity index (χ4n) is 4.19. The van der Waals surface area contributed by atoms with Gasteiger partial charge in [-0.3, -0.25) is 4.79 Å². The van der Waals surface area contributed by atoms with E-state index in [0.717, 1.165) is 35.9 Å². The van der Waals surface area contributed by atoms with Gasteiger partial charge >= 0.3 is 0 Å². The van der Waals surface area contributed by atoms with Gasteiger partial charge in [0, 0.05) is 18.8 Å². The molecule has 0 unspecified atom stereocenters. The molecule has 2 aromatic carbocycles. The molecule has 0 aromatic heterocycles. The number of rotatable bonds is 7. The molecule has 0 aliphatic carbocycles. The number of benzene rings is 2. The molecule has 1 saturated heterocycles. The summed E-state index contributed by atoms with van der Waals surface area (Å²) in [6.07, 6.45) is 2.70. The van der Waals surface area contributed by atoms with Crippen LogP contribution in [-0.4, -0.2) is 25.1 Å². The highest BCUT2D eigenvalue weighted by atomic mass is 16.5. The van der Waals surface area contributed by atoms with Crippen LogP contribution in [0.4, 0.5) is 5.69 Å². The van der Waals surface area contributed by atoms with Crippen LogP contribution in [0.5, 0.6) is 5.75 Å². The van der Waals surface area contributed by atoms with Gasteiger partial charge in [0.2, 0.25) is 0 Å². The Morgan fingerprint density at radius 2 is 1.93 bits per heavy atom. The van der Waals surface area contributed by atoms with Gasteiger partial charge in [0.25, 0.3) is 5.91 Å². The highest BCUT2D eigenvalue weighted by Crippen LogP contribution is 2.25. The number of amides is 1. The summed E-state index contributed by atoms with van der Waals surface area (Å²) in [5.41, 5.74) is 4.62. The van der Waals surface area contributed by atoms with E-state index in [4.69, 9.17) is 4.74 Å². The van der Waals surface area contributed by atoms with E-state index in [9.17, 15) is 4.79 Å². The number of anilines is 1. The summed E-state index contributed by atoms with van der Waals surface area (Å²) in [6, 6.07) is 14.6. The second-order valence-electron chi connectivity index (χ2n) is 8.80. The molecule has 2 aromatic rings. The van der Waals surface area contributed by atoms with Crippen molar-refractivity contribution in [3.8, 4) is 5.75 Å². The number of nitrogens with one attached hydrogen (secondary N) is 1. The fraction of sp³-hybridized carbons (Fsp3) is 0.500. The van der Waals surface area contributed by atoms with Crippen LogP contribution in [0, 0.1) is 19.8 Å². The Morgan fingerprint density at radius 1 is 1.20 bits per heavy atom. The zero-order valence-corrected chi connectivity index (χ0v) is 19.1. The molecule has 0 radical (unpaired) electrons. The monoisotopic (exact) mass is 408 g/mol. The molecule has 162 valence electrons. The van der Waals surface area contributed by atoms with E-state index in [1.807, 2.05) is 32.9 Å². The van der Waals surface area contributed by atoms with Crippen molar-refractivity contribution in [1.82, 2.24) is 5.32 Å². The topological polar surface area (TPSA) is 41.6 Å². The van der Waals surface area contributed by atoms with Crippen LogP contribution in [0.15, 0.2) is 42.5 Å². The summed E-state index contributed by atoms with van der Waals surface area (Å²) < 4.78 is 6.04. The van der Waals surface area contributed by atoms with Crippen LogP contribution >= 0.6 is 0 Å². The molecule has 0 spiro atoms. The lowest BCUT2D eigenvalue weighted by Crippen LogP contribution is -2.39. The van der Waals surface area contributed by atoms with E-state index in [-0.39, 0.29) is 11.9 Å². The molecule has 0 bridgehead atoms. The van der Waals surface area contributed by atoms with Crippen LogP contribution in [0.1, 0.15) is 62.8 Å². The zero-order valence-electron chi connectivity index (χ0n) is 19.1. The largest absolute Gasteiger partial charge is 0.480 e. The Morgan fingerprint density at radius 3 is 2.57 bits per heavy atom. The third kappa shape index (κ3) is 5.56. The van der Waals surface area contributed by atoms with Crippen molar-refractivity contribution >= 4 is 11.6 Å². The minimum Gasteiger partial charge on any atom is -0.480 e. The molecular formula is C26H36N2O2. The van der Waals surface area contributed by atoms with Crippen molar-refractivity contribution in [2.45, 2.75) is 66.0 Å². The molecule has 1 N–H and O–H groups in total. The quantitative estimate of drug-likeness (QED) is 0.651. The van der Waals surface area contributed by atoms with E-state index in [2.05, 4.69) is 54.4 Å². The Balaban J connectivity index is 1.60. The number of ether oxygens (including phenoxy) is 1. The maximum Gasteiger partial charge on any atom is 0.261 e. The summed E-state index contributed by atoms with van der Waals surface area (Å²) >= 11 is 0. The summed E-state index contributed by atoms with van der Waals surface area (Å²) in [5.74, 6) is 1.45. The van der Waals surface area contributed by atoms with Gasteiger partial charge in [0.1, 0.15) is 5.75 Å². The number of hydrogen-bond acceptors (Lipinski definition) is 3. The van der Waals surface area contributed by atoms with Crippen LogP contribution < -0.4 is 15.0 Å². The lowest BCUT2D eigenvalue weighted by molar-refractivity contribution is -0.128. The van der Waals surface area contributed by atoms with Crippen LogP contribution in [0.2, 0.25) is 0 Å². The third-order valence-corrected chi connectivity index (χ3v) is 6.04. The Labute approximate surface area is 181 Å². The van der Waals surface area contributed by atoms with Gasteiger partial charge in [-0.15, -0.1) is 0 Å². The maximum atomic E-state index is 12.8.